The highest BCUT2D eigenvalue weighted by molar-refractivity contribution is 7.99. The van der Waals surface area contributed by atoms with Gasteiger partial charge in [0.05, 0.1) is 5.60 Å². The van der Waals surface area contributed by atoms with Crippen LogP contribution in [0.15, 0.2) is 0 Å². The zero-order valence-corrected chi connectivity index (χ0v) is 12.7. The predicted octanol–water partition coefficient (Wildman–Crippen LogP) is 2.45. The van der Waals surface area contributed by atoms with Gasteiger partial charge < -0.3 is 14.8 Å². The number of hydrogen-bond donors (Lipinski definition) is 1. The van der Waals surface area contributed by atoms with E-state index in [0.717, 1.165) is 25.7 Å². The van der Waals surface area contributed by atoms with E-state index in [9.17, 15) is 0 Å². The third-order valence-electron chi connectivity index (χ3n) is 4.93. The van der Waals surface area contributed by atoms with Crippen LogP contribution >= 0.6 is 11.8 Å². The quantitative estimate of drug-likeness (QED) is 0.863. The monoisotopic (exact) mass is 285 g/mol. The van der Waals surface area contributed by atoms with E-state index in [1.165, 1.54) is 56.6 Å². The summed E-state index contributed by atoms with van der Waals surface area (Å²) in [6.45, 7) is 4.05. The van der Waals surface area contributed by atoms with Gasteiger partial charge in [-0.3, -0.25) is 0 Å². The summed E-state index contributed by atoms with van der Waals surface area (Å²) in [5.74, 6) is 3.40. The summed E-state index contributed by atoms with van der Waals surface area (Å²) in [6.07, 6.45) is 7.41. The number of rotatable bonds is 3. The van der Waals surface area contributed by atoms with E-state index in [-0.39, 0.29) is 5.60 Å². The van der Waals surface area contributed by atoms with Crippen molar-refractivity contribution in [3.8, 4) is 0 Å². The molecule has 0 bridgehead atoms. The number of nitrogens with one attached hydrogen (secondary N) is 1. The summed E-state index contributed by atoms with van der Waals surface area (Å²) >= 11 is 2.09. The maximum atomic E-state index is 6.16. The number of hydrogen-bond acceptors (Lipinski definition) is 4. The molecule has 19 heavy (non-hydrogen) atoms. The van der Waals surface area contributed by atoms with Crippen molar-refractivity contribution in [2.24, 2.45) is 5.92 Å². The van der Waals surface area contributed by atoms with E-state index in [1.807, 2.05) is 0 Å². The van der Waals surface area contributed by atoms with Crippen molar-refractivity contribution in [2.75, 3.05) is 37.9 Å². The molecule has 3 saturated heterocycles. The summed E-state index contributed by atoms with van der Waals surface area (Å²) < 4.78 is 11.6. The fourth-order valence-corrected chi connectivity index (χ4v) is 4.81. The fraction of sp³-hybridized carbons (Fsp3) is 1.00. The zero-order valence-electron chi connectivity index (χ0n) is 11.9. The van der Waals surface area contributed by atoms with Gasteiger partial charge in [-0.05, 0) is 62.5 Å². The summed E-state index contributed by atoms with van der Waals surface area (Å²) in [7, 11) is 0. The standard InChI is InChI=1S/C15H27NO2S/c1-6-17-7-2-13(1)12-16-14-3-8-18-15(11-14)4-9-19-10-5-15/h13-14,16H,1-12H2. The number of thioether (sulfide) groups is 1. The molecule has 0 aromatic carbocycles. The van der Waals surface area contributed by atoms with Gasteiger partial charge in [-0.15, -0.1) is 0 Å². The Morgan fingerprint density at radius 3 is 2.63 bits per heavy atom. The van der Waals surface area contributed by atoms with Crippen molar-refractivity contribution in [3.63, 3.8) is 0 Å². The van der Waals surface area contributed by atoms with Gasteiger partial charge in [0, 0.05) is 25.9 Å². The Labute approximate surface area is 121 Å². The fourth-order valence-electron chi connectivity index (χ4n) is 3.58. The second-order valence-corrected chi connectivity index (χ2v) is 7.52. The molecule has 0 aromatic rings. The van der Waals surface area contributed by atoms with Crippen LogP contribution in [0.25, 0.3) is 0 Å². The van der Waals surface area contributed by atoms with E-state index in [2.05, 4.69) is 17.1 Å². The van der Waals surface area contributed by atoms with Crippen molar-refractivity contribution in [1.82, 2.24) is 5.32 Å². The van der Waals surface area contributed by atoms with Gasteiger partial charge in [-0.25, -0.2) is 0 Å². The average Bonchev–Trinajstić information content (AvgIpc) is 2.47. The summed E-state index contributed by atoms with van der Waals surface area (Å²) in [5, 5.41) is 3.82. The van der Waals surface area contributed by atoms with Crippen LogP contribution in [0.1, 0.15) is 38.5 Å². The Morgan fingerprint density at radius 2 is 1.84 bits per heavy atom. The van der Waals surface area contributed by atoms with E-state index >= 15 is 0 Å². The van der Waals surface area contributed by atoms with Gasteiger partial charge in [-0.2, -0.15) is 11.8 Å². The molecule has 0 radical (unpaired) electrons. The lowest BCUT2D eigenvalue weighted by Crippen LogP contribution is -2.49. The maximum absolute atomic E-state index is 6.16. The van der Waals surface area contributed by atoms with E-state index in [4.69, 9.17) is 9.47 Å². The Morgan fingerprint density at radius 1 is 1.05 bits per heavy atom. The normalized spacial score (nSPS) is 32.5. The Balaban J connectivity index is 1.45. The third kappa shape index (κ3) is 3.87. The predicted molar refractivity (Wildman–Crippen MR) is 79.8 cm³/mol. The first kappa shape index (κ1) is 14.2. The molecule has 3 heterocycles. The molecule has 0 aromatic heterocycles. The third-order valence-corrected chi connectivity index (χ3v) is 5.92. The molecule has 3 aliphatic rings. The smallest absolute Gasteiger partial charge is 0.0713 e. The minimum atomic E-state index is 0.219. The summed E-state index contributed by atoms with van der Waals surface area (Å²) in [6, 6.07) is 0.680. The minimum Gasteiger partial charge on any atom is -0.381 e. The van der Waals surface area contributed by atoms with Crippen LogP contribution in [0.4, 0.5) is 0 Å². The molecule has 3 nitrogen and oxygen atoms in total. The van der Waals surface area contributed by atoms with Crippen LogP contribution in [0.5, 0.6) is 0 Å². The largest absolute Gasteiger partial charge is 0.381 e. The molecule has 4 heteroatoms. The van der Waals surface area contributed by atoms with Gasteiger partial charge in [0.1, 0.15) is 0 Å². The van der Waals surface area contributed by atoms with E-state index in [0.29, 0.717) is 6.04 Å². The van der Waals surface area contributed by atoms with Crippen LogP contribution in [-0.2, 0) is 9.47 Å². The first-order chi connectivity index (χ1) is 9.36. The highest BCUT2D eigenvalue weighted by Crippen LogP contribution is 2.37. The minimum absolute atomic E-state index is 0.219. The second kappa shape index (κ2) is 6.79. The molecule has 3 fully saturated rings. The van der Waals surface area contributed by atoms with Crippen LogP contribution in [0.3, 0.4) is 0 Å². The lowest BCUT2D eigenvalue weighted by atomic mass is 9.85. The van der Waals surface area contributed by atoms with Crippen molar-refractivity contribution in [1.29, 1.82) is 0 Å². The maximum Gasteiger partial charge on any atom is 0.0713 e. The lowest BCUT2D eigenvalue weighted by molar-refractivity contribution is -0.0937. The Hall–Kier alpha value is 0.230. The molecule has 1 spiro atoms. The van der Waals surface area contributed by atoms with Gasteiger partial charge in [-0.1, -0.05) is 0 Å². The first-order valence-corrected chi connectivity index (χ1v) is 9.05. The number of ether oxygens (including phenoxy) is 2. The molecule has 0 saturated carbocycles. The highest BCUT2D eigenvalue weighted by atomic mass is 32.2. The molecular formula is C15H27NO2S. The molecule has 3 aliphatic heterocycles. The molecule has 110 valence electrons. The molecule has 3 rings (SSSR count). The van der Waals surface area contributed by atoms with Crippen LogP contribution in [0.2, 0.25) is 0 Å². The van der Waals surface area contributed by atoms with Gasteiger partial charge in [0.15, 0.2) is 0 Å². The molecule has 0 aliphatic carbocycles. The van der Waals surface area contributed by atoms with Crippen LogP contribution in [-0.4, -0.2) is 49.5 Å². The molecule has 1 atom stereocenters. The average molecular weight is 285 g/mol. The topological polar surface area (TPSA) is 30.5 Å². The SMILES string of the molecule is C1CC(CNC2CCOC3(CCSCC3)C2)CCO1. The molecular weight excluding hydrogens is 258 g/mol. The summed E-state index contributed by atoms with van der Waals surface area (Å²) in [5.41, 5.74) is 0.219. The van der Waals surface area contributed by atoms with Crippen molar-refractivity contribution >= 4 is 11.8 Å². The van der Waals surface area contributed by atoms with E-state index < -0.39 is 0 Å². The second-order valence-electron chi connectivity index (χ2n) is 6.30. The van der Waals surface area contributed by atoms with Crippen LogP contribution < -0.4 is 5.32 Å². The first-order valence-electron chi connectivity index (χ1n) is 7.89. The van der Waals surface area contributed by atoms with Gasteiger partial charge >= 0.3 is 0 Å². The lowest BCUT2D eigenvalue weighted by Gasteiger charge is -2.44. The van der Waals surface area contributed by atoms with Gasteiger partial charge in [0.25, 0.3) is 0 Å². The van der Waals surface area contributed by atoms with Crippen LogP contribution in [0, 0.1) is 5.92 Å². The molecule has 1 unspecified atom stereocenters. The summed E-state index contributed by atoms with van der Waals surface area (Å²) in [4.78, 5) is 0. The molecule has 1 N–H and O–H groups in total. The zero-order chi connectivity index (χ0) is 13.0. The van der Waals surface area contributed by atoms with Crippen molar-refractivity contribution in [2.45, 2.75) is 50.2 Å². The van der Waals surface area contributed by atoms with Crippen molar-refractivity contribution < 1.29 is 9.47 Å². The Kier molecular flexibility index (Phi) is 5.07. The Bertz CT molecular complexity index is 270. The van der Waals surface area contributed by atoms with Gasteiger partial charge in [0.2, 0.25) is 0 Å². The highest BCUT2D eigenvalue weighted by Gasteiger charge is 2.38. The molecule has 0 amide bonds. The van der Waals surface area contributed by atoms with Crippen molar-refractivity contribution in [3.05, 3.63) is 0 Å². The van der Waals surface area contributed by atoms with E-state index in [1.54, 1.807) is 0 Å².